The van der Waals surface area contributed by atoms with E-state index in [1.165, 1.54) is 25.0 Å². The lowest BCUT2D eigenvalue weighted by Crippen LogP contribution is -2.02. The molecule has 2 rings (SSSR count). The van der Waals surface area contributed by atoms with E-state index in [0.29, 0.717) is 18.3 Å². The smallest absolute Gasteiger partial charge is 0.127 e. The number of rotatable bonds is 4. The molecule has 1 aromatic carbocycles. The van der Waals surface area contributed by atoms with Crippen molar-refractivity contribution >= 4 is 5.71 Å². The quantitative estimate of drug-likeness (QED) is 0.716. The van der Waals surface area contributed by atoms with Gasteiger partial charge in [0.15, 0.2) is 0 Å². The molecule has 0 aromatic heterocycles. The van der Waals surface area contributed by atoms with Crippen molar-refractivity contribution < 1.29 is 9.13 Å². The van der Waals surface area contributed by atoms with Crippen molar-refractivity contribution in [2.75, 3.05) is 13.7 Å². The molecule has 0 amide bonds. The highest BCUT2D eigenvalue weighted by Gasteiger charge is 2.22. The van der Waals surface area contributed by atoms with Gasteiger partial charge in [0.2, 0.25) is 0 Å². The van der Waals surface area contributed by atoms with Gasteiger partial charge in [-0.05, 0) is 37.8 Å². The molecule has 0 spiro atoms. The van der Waals surface area contributed by atoms with Gasteiger partial charge in [-0.2, -0.15) is 0 Å². The Morgan fingerprint density at radius 1 is 1.44 bits per heavy atom. The van der Waals surface area contributed by atoms with Crippen molar-refractivity contribution in [1.82, 2.24) is 0 Å². The molecule has 1 aliphatic rings. The molecule has 0 saturated heterocycles. The molecule has 0 bridgehead atoms. The maximum absolute atomic E-state index is 13.3. The summed E-state index contributed by atoms with van der Waals surface area (Å²) in [7, 11) is 1.70. The number of hydrogen-bond acceptors (Lipinski definition) is 2. The zero-order valence-electron chi connectivity index (χ0n) is 9.66. The van der Waals surface area contributed by atoms with E-state index in [9.17, 15) is 4.39 Å². The predicted octanol–water partition coefficient (Wildman–Crippen LogP) is 3.05. The lowest BCUT2D eigenvalue weighted by atomic mass is 10.1. The van der Waals surface area contributed by atoms with E-state index >= 15 is 0 Å². The highest BCUT2D eigenvalue weighted by molar-refractivity contribution is 5.98. The Bertz CT molecular complexity index is 410. The average Bonchev–Trinajstić information content (AvgIpc) is 3.08. The molecule has 0 unspecified atom stereocenters. The van der Waals surface area contributed by atoms with Gasteiger partial charge < -0.3 is 4.74 Å². The van der Waals surface area contributed by atoms with Crippen LogP contribution in [0.5, 0.6) is 5.75 Å². The fourth-order valence-electron chi connectivity index (χ4n) is 1.48. The molecular weight excluding hydrogens is 205 g/mol. The van der Waals surface area contributed by atoms with E-state index in [4.69, 9.17) is 4.74 Å². The van der Waals surface area contributed by atoms with Crippen LogP contribution in [-0.4, -0.2) is 19.4 Å². The standard InChI is InChI=1S/C13H16FNO/c1-9(15-2)11-5-12(14)7-13(6-11)16-8-10-3-4-10/h5-7,10H,3-4,8H2,1-2H3/b15-9+. The number of benzene rings is 1. The first-order chi connectivity index (χ1) is 7.69. The third-order valence-corrected chi connectivity index (χ3v) is 2.81. The highest BCUT2D eigenvalue weighted by Crippen LogP contribution is 2.29. The highest BCUT2D eigenvalue weighted by atomic mass is 19.1. The summed E-state index contributed by atoms with van der Waals surface area (Å²) in [5.74, 6) is 1.00. The van der Waals surface area contributed by atoms with Crippen molar-refractivity contribution in [2.45, 2.75) is 19.8 Å². The normalized spacial score (nSPS) is 16.3. The van der Waals surface area contributed by atoms with E-state index in [2.05, 4.69) is 4.99 Å². The Kier molecular flexibility index (Phi) is 3.22. The molecule has 3 heteroatoms. The Hall–Kier alpha value is -1.38. The van der Waals surface area contributed by atoms with Gasteiger partial charge in [0.25, 0.3) is 0 Å². The average molecular weight is 221 g/mol. The van der Waals surface area contributed by atoms with E-state index in [0.717, 1.165) is 11.3 Å². The third-order valence-electron chi connectivity index (χ3n) is 2.81. The van der Waals surface area contributed by atoms with Crippen molar-refractivity contribution in [3.05, 3.63) is 29.6 Å². The SMILES string of the molecule is C/N=C(\C)c1cc(F)cc(OCC2CC2)c1. The van der Waals surface area contributed by atoms with Crippen LogP contribution in [0.1, 0.15) is 25.3 Å². The second-order valence-corrected chi connectivity index (χ2v) is 4.24. The largest absolute Gasteiger partial charge is 0.493 e. The fraction of sp³-hybridized carbons (Fsp3) is 0.462. The molecule has 0 atom stereocenters. The molecule has 0 aliphatic heterocycles. The Morgan fingerprint density at radius 2 is 2.19 bits per heavy atom. The van der Waals surface area contributed by atoms with E-state index in [1.54, 1.807) is 7.05 Å². The number of halogens is 1. The van der Waals surface area contributed by atoms with Crippen LogP contribution < -0.4 is 4.74 Å². The maximum Gasteiger partial charge on any atom is 0.127 e. The molecule has 1 fully saturated rings. The molecule has 2 nitrogen and oxygen atoms in total. The summed E-state index contributed by atoms with van der Waals surface area (Å²) < 4.78 is 18.9. The summed E-state index contributed by atoms with van der Waals surface area (Å²) >= 11 is 0. The molecule has 1 aromatic rings. The van der Waals surface area contributed by atoms with Crippen LogP contribution in [0.25, 0.3) is 0 Å². The Morgan fingerprint density at radius 3 is 2.81 bits per heavy atom. The van der Waals surface area contributed by atoms with Crippen LogP contribution in [0.2, 0.25) is 0 Å². The van der Waals surface area contributed by atoms with Crippen LogP contribution >= 0.6 is 0 Å². The molecule has 0 radical (unpaired) electrons. The van der Waals surface area contributed by atoms with Gasteiger partial charge in [-0.3, -0.25) is 4.99 Å². The van der Waals surface area contributed by atoms with Crippen molar-refractivity contribution in [3.8, 4) is 5.75 Å². The van der Waals surface area contributed by atoms with Crippen molar-refractivity contribution in [1.29, 1.82) is 0 Å². The molecule has 1 saturated carbocycles. The zero-order chi connectivity index (χ0) is 11.5. The molecule has 0 heterocycles. The van der Waals surface area contributed by atoms with Gasteiger partial charge in [-0.25, -0.2) is 4.39 Å². The van der Waals surface area contributed by atoms with Crippen LogP contribution in [0.4, 0.5) is 4.39 Å². The summed E-state index contributed by atoms with van der Waals surface area (Å²) in [4.78, 5) is 4.04. The first-order valence-electron chi connectivity index (χ1n) is 5.56. The van der Waals surface area contributed by atoms with Gasteiger partial charge in [-0.1, -0.05) is 0 Å². The fourth-order valence-corrected chi connectivity index (χ4v) is 1.48. The monoisotopic (exact) mass is 221 g/mol. The summed E-state index contributed by atoms with van der Waals surface area (Å²) in [5.41, 5.74) is 1.60. The maximum atomic E-state index is 13.3. The van der Waals surface area contributed by atoms with Crippen LogP contribution in [-0.2, 0) is 0 Å². The molecule has 16 heavy (non-hydrogen) atoms. The zero-order valence-corrected chi connectivity index (χ0v) is 9.66. The predicted molar refractivity (Wildman–Crippen MR) is 62.8 cm³/mol. The molecular formula is C13H16FNO. The second kappa shape index (κ2) is 4.64. The second-order valence-electron chi connectivity index (χ2n) is 4.24. The van der Waals surface area contributed by atoms with Gasteiger partial charge in [0.1, 0.15) is 11.6 Å². The molecule has 0 N–H and O–H groups in total. The Labute approximate surface area is 95.2 Å². The van der Waals surface area contributed by atoms with Crippen LogP contribution in [0, 0.1) is 11.7 Å². The topological polar surface area (TPSA) is 21.6 Å². The minimum Gasteiger partial charge on any atom is -0.493 e. The van der Waals surface area contributed by atoms with E-state index < -0.39 is 0 Å². The Balaban J connectivity index is 2.13. The van der Waals surface area contributed by atoms with E-state index in [-0.39, 0.29) is 5.82 Å². The number of ether oxygens (including phenoxy) is 1. The first-order valence-corrected chi connectivity index (χ1v) is 5.56. The lowest BCUT2D eigenvalue weighted by Gasteiger charge is -2.07. The van der Waals surface area contributed by atoms with Crippen LogP contribution in [0.15, 0.2) is 23.2 Å². The minimum absolute atomic E-state index is 0.272. The third kappa shape index (κ3) is 2.81. The lowest BCUT2D eigenvalue weighted by molar-refractivity contribution is 0.298. The molecule has 1 aliphatic carbocycles. The summed E-state index contributed by atoms with van der Waals surface area (Å²) in [6, 6.07) is 4.74. The van der Waals surface area contributed by atoms with Gasteiger partial charge in [-0.15, -0.1) is 0 Å². The van der Waals surface area contributed by atoms with Crippen molar-refractivity contribution in [2.24, 2.45) is 10.9 Å². The summed E-state index contributed by atoms with van der Waals surface area (Å²) in [6.45, 7) is 2.56. The van der Waals surface area contributed by atoms with Gasteiger partial charge >= 0.3 is 0 Å². The minimum atomic E-state index is -0.272. The van der Waals surface area contributed by atoms with Gasteiger partial charge in [0.05, 0.1) is 6.61 Å². The number of nitrogens with zero attached hydrogens (tertiary/aromatic N) is 1. The van der Waals surface area contributed by atoms with Crippen LogP contribution in [0.3, 0.4) is 0 Å². The van der Waals surface area contributed by atoms with Crippen molar-refractivity contribution in [3.63, 3.8) is 0 Å². The van der Waals surface area contributed by atoms with Gasteiger partial charge in [0, 0.05) is 24.4 Å². The first kappa shape index (κ1) is 11.1. The summed E-state index contributed by atoms with van der Waals surface area (Å²) in [6.07, 6.45) is 2.47. The molecule has 86 valence electrons. The van der Waals surface area contributed by atoms with E-state index in [1.807, 2.05) is 13.0 Å². The summed E-state index contributed by atoms with van der Waals surface area (Å²) in [5, 5.41) is 0. The number of aliphatic imine (C=N–C) groups is 1. The number of hydrogen-bond donors (Lipinski definition) is 0.